The first-order chi connectivity index (χ1) is 19.4. The van der Waals surface area contributed by atoms with E-state index in [4.69, 9.17) is 0 Å². The first kappa shape index (κ1) is 24.5. The molecular formula is C38H34N2+2. The largest absolute Gasteiger partial charge is 0.285 e. The molecule has 1 aliphatic carbocycles. The van der Waals surface area contributed by atoms with Crippen LogP contribution in [0.15, 0.2) is 116 Å². The third-order valence-corrected chi connectivity index (χ3v) is 8.72. The molecule has 2 heteroatoms. The molecule has 194 valence electrons. The number of aryl methyl sites for hydroxylation is 3. The highest BCUT2D eigenvalue weighted by Gasteiger charge is 2.42. The van der Waals surface area contributed by atoms with Crippen LogP contribution in [0.25, 0.3) is 44.4 Å². The lowest BCUT2D eigenvalue weighted by atomic mass is 9.77. The molecule has 0 saturated heterocycles. The average molecular weight is 519 g/mol. The Morgan fingerprint density at radius 2 is 1.23 bits per heavy atom. The number of nitrogens with zero attached hydrogens (tertiary/aromatic N) is 2. The van der Waals surface area contributed by atoms with Crippen LogP contribution in [-0.2, 0) is 5.41 Å². The molecule has 6 aromatic rings. The van der Waals surface area contributed by atoms with Gasteiger partial charge in [0.1, 0.15) is 0 Å². The van der Waals surface area contributed by atoms with Crippen molar-refractivity contribution in [3.63, 3.8) is 0 Å². The summed E-state index contributed by atoms with van der Waals surface area (Å²) < 4.78 is 4.62. The van der Waals surface area contributed by atoms with Crippen molar-refractivity contribution in [1.29, 1.82) is 0 Å². The van der Waals surface area contributed by atoms with Gasteiger partial charge in [-0.3, -0.25) is 0 Å². The number of pyridine rings is 2. The van der Waals surface area contributed by atoms with Gasteiger partial charge < -0.3 is 0 Å². The summed E-state index contributed by atoms with van der Waals surface area (Å²) in [4.78, 5) is 0. The van der Waals surface area contributed by atoms with Gasteiger partial charge in [0.25, 0.3) is 11.4 Å². The van der Waals surface area contributed by atoms with Crippen molar-refractivity contribution in [2.24, 2.45) is 0 Å². The Labute approximate surface area is 236 Å². The minimum atomic E-state index is -0.158. The van der Waals surface area contributed by atoms with E-state index in [-0.39, 0.29) is 5.41 Å². The van der Waals surface area contributed by atoms with E-state index in [0.717, 1.165) is 5.69 Å². The summed E-state index contributed by atoms with van der Waals surface area (Å²) in [6.07, 6.45) is 4.39. The van der Waals surface area contributed by atoms with E-state index in [0.29, 0.717) is 0 Å². The van der Waals surface area contributed by atoms with Crippen molar-refractivity contribution in [1.82, 2.24) is 0 Å². The van der Waals surface area contributed by atoms with Crippen molar-refractivity contribution < 1.29 is 9.35 Å². The summed E-state index contributed by atoms with van der Waals surface area (Å²) in [6.45, 7) is 11.4. The molecule has 1 aliphatic rings. The fourth-order valence-corrected chi connectivity index (χ4v) is 6.87. The van der Waals surface area contributed by atoms with Crippen LogP contribution >= 0.6 is 0 Å². The van der Waals surface area contributed by atoms with Gasteiger partial charge >= 0.3 is 0 Å². The van der Waals surface area contributed by atoms with Crippen molar-refractivity contribution in [2.75, 3.05) is 0 Å². The summed E-state index contributed by atoms with van der Waals surface area (Å²) in [5.41, 5.74) is 14.1. The molecule has 0 radical (unpaired) electrons. The van der Waals surface area contributed by atoms with Gasteiger partial charge in [0.15, 0.2) is 0 Å². The molecule has 0 unspecified atom stereocenters. The molecule has 4 aromatic carbocycles. The van der Waals surface area contributed by atoms with Gasteiger partial charge in [-0.15, -0.1) is 0 Å². The molecule has 40 heavy (non-hydrogen) atoms. The van der Waals surface area contributed by atoms with E-state index < -0.39 is 0 Å². The fourth-order valence-electron chi connectivity index (χ4n) is 6.87. The Morgan fingerprint density at radius 1 is 0.525 bits per heavy atom. The first-order valence-corrected chi connectivity index (χ1v) is 14.1. The maximum absolute atomic E-state index is 2.40. The van der Waals surface area contributed by atoms with Crippen LogP contribution in [0.5, 0.6) is 0 Å². The van der Waals surface area contributed by atoms with E-state index in [2.05, 4.69) is 159 Å². The standard InChI is InChI=1S/C38H34N2/c1-25-21-23-40(39-22-11-10-16-33(39)29-14-8-6-12-26(29)2)34(24-25)35-27(3)17-19-32-31-20-18-28-13-7-9-15-30(28)36(31)38(4,5)37(32)35/h6-24H,1-5H3/q+2. The zero-order valence-corrected chi connectivity index (χ0v) is 23.9. The predicted molar refractivity (Wildman–Crippen MR) is 164 cm³/mol. The van der Waals surface area contributed by atoms with E-state index in [1.54, 1.807) is 0 Å². The number of hydrogen-bond donors (Lipinski definition) is 0. The molecular weight excluding hydrogens is 484 g/mol. The molecule has 0 atom stereocenters. The second-order valence-electron chi connectivity index (χ2n) is 11.7. The first-order valence-electron chi connectivity index (χ1n) is 14.1. The lowest BCUT2D eigenvalue weighted by Gasteiger charge is -2.25. The molecule has 0 N–H and O–H groups in total. The van der Waals surface area contributed by atoms with Gasteiger partial charge in [0.2, 0.25) is 12.4 Å². The average Bonchev–Trinajstić information content (AvgIpc) is 3.20. The van der Waals surface area contributed by atoms with Gasteiger partial charge in [0.05, 0.1) is 20.5 Å². The van der Waals surface area contributed by atoms with Gasteiger partial charge in [-0.25, -0.2) is 0 Å². The highest BCUT2D eigenvalue weighted by atomic mass is 15.4. The Balaban J connectivity index is 1.54. The number of aromatic nitrogens is 2. The normalized spacial score (nSPS) is 13.3. The van der Waals surface area contributed by atoms with Gasteiger partial charge in [-0.2, -0.15) is 0 Å². The van der Waals surface area contributed by atoms with Crippen LogP contribution in [0.1, 0.15) is 41.7 Å². The molecule has 2 aromatic heterocycles. The van der Waals surface area contributed by atoms with E-state index in [1.807, 2.05) is 0 Å². The molecule has 0 spiro atoms. The maximum atomic E-state index is 2.40. The lowest BCUT2D eigenvalue weighted by Crippen LogP contribution is -2.68. The van der Waals surface area contributed by atoms with E-state index in [9.17, 15) is 0 Å². The number of hydrogen-bond acceptors (Lipinski definition) is 0. The minimum Gasteiger partial charge on any atom is -0.0620 e. The van der Waals surface area contributed by atoms with E-state index >= 15 is 0 Å². The second kappa shape index (κ2) is 8.99. The van der Waals surface area contributed by atoms with Crippen LogP contribution in [-0.4, -0.2) is 0 Å². The molecule has 2 heterocycles. The molecule has 0 bridgehead atoms. The molecule has 2 nitrogen and oxygen atoms in total. The zero-order chi connectivity index (χ0) is 27.6. The van der Waals surface area contributed by atoms with E-state index in [1.165, 1.54) is 66.5 Å². The molecule has 7 rings (SSSR count). The van der Waals surface area contributed by atoms with Crippen molar-refractivity contribution >= 4 is 10.8 Å². The molecule has 0 fully saturated rings. The maximum Gasteiger partial charge on any atom is 0.285 e. The second-order valence-corrected chi connectivity index (χ2v) is 11.7. The summed E-state index contributed by atoms with van der Waals surface area (Å²) in [5, 5.41) is 2.65. The summed E-state index contributed by atoms with van der Waals surface area (Å²) in [7, 11) is 0. The van der Waals surface area contributed by atoms with Crippen molar-refractivity contribution in [3.05, 3.63) is 143 Å². The minimum absolute atomic E-state index is 0.158. The Kier molecular flexibility index (Phi) is 5.50. The molecule has 0 amide bonds. The quantitative estimate of drug-likeness (QED) is 0.208. The topological polar surface area (TPSA) is 7.76 Å². The van der Waals surface area contributed by atoms with Gasteiger partial charge in [-0.1, -0.05) is 80.6 Å². The summed E-state index contributed by atoms with van der Waals surface area (Å²) >= 11 is 0. The predicted octanol–water partition coefficient (Wildman–Crippen LogP) is 8.29. The highest BCUT2D eigenvalue weighted by Crippen LogP contribution is 2.54. The highest BCUT2D eigenvalue weighted by molar-refractivity contribution is 5.99. The Morgan fingerprint density at radius 3 is 2.08 bits per heavy atom. The SMILES string of the molecule is Cc1cc[n+](-[n+]2ccccc2-c2ccccc2C)c(-c2c(C)ccc3c2C(C)(C)c2c-3ccc3ccccc23)c1. The van der Waals surface area contributed by atoms with Crippen LogP contribution in [0.4, 0.5) is 0 Å². The Hall–Kier alpha value is -4.56. The zero-order valence-electron chi connectivity index (χ0n) is 23.9. The molecule has 0 aliphatic heterocycles. The van der Waals surface area contributed by atoms with Crippen LogP contribution in [0.2, 0.25) is 0 Å². The van der Waals surface area contributed by atoms with Crippen molar-refractivity contribution in [2.45, 2.75) is 40.0 Å². The Bertz CT molecular complexity index is 1960. The summed E-state index contributed by atoms with van der Waals surface area (Å²) in [5.74, 6) is 0. The van der Waals surface area contributed by atoms with Gasteiger partial charge in [0, 0.05) is 29.7 Å². The van der Waals surface area contributed by atoms with Crippen molar-refractivity contribution in [3.8, 4) is 33.6 Å². The fraction of sp³-hybridized carbons (Fsp3) is 0.158. The molecule has 0 saturated carbocycles. The summed E-state index contributed by atoms with van der Waals surface area (Å²) in [6, 6.07) is 37.7. The lowest BCUT2D eigenvalue weighted by molar-refractivity contribution is -1.29. The smallest absolute Gasteiger partial charge is 0.0620 e. The van der Waals surface area contributed by atoms with Gasteiger partial charge in [-0.05, 0) is 82.6 Å². The third-order valence-electron chi connectivity index (χ3n) is 8.72. The van der Waals surface area contributed by atoms with Crippen LogP contribution < -0.4 is 9.35 Å². The number of benzene rings is 4. The monoisotopic (exact) mass is 518 g/mol. The van der Waals surface area contributed by atoms with Crippen LogP contribution in [0.3, 0.4) is 0 Å². The number of rotatable bonds is 3. The third kappa shape index (κ3) is 3.56. The van der Waals surface area contributed by atoms with Crippen LogP contribution in [0, 0.1) is 20.8 Å². The number of fused-ring (bicyclic) bond motifs is 5.